The highest BCUT2D eigenvalue weighted by molar-refractivity contribution is 7.67. The van der Waals surface area contributed by atoms with E-state index in [1.807, 2.05) is 65.2 Å². The van der Waals surface area contributed by atoms with Crippen LogP contribution in [0.25, 0.3) is 5.69 Å². The number of esters is 4. The Kier molecular flexibility index (Phi) is 13.3. The van der Waals surface area contributed by atoms with Crippen LogP contribution in [0, 0.1) is 0 Å². The Hall–Kier alpha value is -7.26. The predicted octanol–water partition coefficient (Wildman–Crippen LogP) is 7.99. The van der Waals surface area contributed by atoms with Gasteiger partial charge in [-0.25, -0.2) is 29.2 Å². The van der Waals surface area contributed by atoms with Crippen molar-refractivity contribution < 1.29 is 42.9 Å². The van der Waals surface area contributed by atoms with E-state index >= 15 is 0 Å². The van der Waals surface area contributed by atoms with E-state index in [1.54, 1.807) is 121 Å². The van der Waals surface area contributed by atoms with Crippen molar-refractivity contribution in [2.45, 2.75) is 30.6 Å². The fourth-order valence-corrected chi connectivity index (χ4v) is 8.71. The number of hydrogen-bond donors (Lipinski definition) is 0. The number of ether oxygens (including phenoxy) is 5. The van der Waals surface area contributed by atoms with Gasteiger partial charge in [-0.15, -0.1) is 0 Å². The van der Waals surface area contributed by atoms with Gasteiger partial charge < -0.3 is 23.7 Å². The minimum Gasteiger partial charge on any atom is -0.459 e. The molecule has 1 aromatic heterocycles. The highest BCUT2D eigenvalue weighted by Gasteiger charge is 2.53. The second-order valence-electron chi connectivity index (χ2n) is 13.7. The molecule has 0 bridgehead atoms. The predicted molar refractivity (Wildman–Crippen MR) is 231 cm³/mol. The molecule has 14 heteroatoms. The maximum Gasteiger partial charge on any atom is 0.338 e. The van der Waals surface area contributed by atoms with Crippen molar-refractivity contribution in [2.75, 3.05) is 6.61 Å². The maximum absolute atomic E-state index is 14.1. The first-order valence-electron chi connectivity index (χ1n) is 19.5. The van der Waals surface area contributed by atoms with Gasteiger partial charge in [-0.05, 0) is 93.5 Å². The second-order valence-corrected chi connectivity index (χ2v) is 15.8. The lowest BCUT2D eigenvalue weighted by atomic mass is 9.97. The van der Waals surface area contributed by atoms with Crippen molar-refractivity contribution in [3.8, 4) is 5.69 Å². The molecule has 0 amide bonds. The molecule has 1 aliphatic rings. The summed E-state index contributed by atoms with van der Waals surface area (Å²) in [6.07, 6.45) is -7.35. The van der Waals surface area contributed by atoms with Crippen LogP contribution in [0.5, 0.6) is 0 Å². The second kappa shape index (κ2) is 19.9. The van der Waals surface area contributed by atoms with Crippen LogP contribution in [-0.4, -0.2) is 65.7 Å². The summed E-state index contributed by atoms with van der Waals surface area (Å²) >= 11 is 0. The first kappa shape index (κ1) is 41.5. The number of hydrogen-bond acceptors (Lipinski definition) is 13. The third kappa shape index (κ3) is 10.0. The van der Waals surface area contributed by atoms with E-state index in [4.69, 9.17) is 33.7 Å². The first-order valence-corrected chi connectivity index (χ1v) is 21.6. The van der Waals surface area contributed by atoms with Gasteiger partial charge >= 0.3 is 23.9 Å². The molecule has 7 aromatic rings. The van der Waals surface area contributed by atoms with Crippen LogP contribution in [0.15, 0.2) is 192 Å². The molecule has 1 saturated heterocycles. The number of rotatable bonds is 12. The highest BCUT2D eigenvalue weighted by atomic mass is 32.9. The van der Waals surface area contributed by atoms with Crippen LogP contribution < -0.4 is 9.60 Å². The zero-order chi connectivity index (χ0) is 42.7. The Morgan fingerprint density at radius 3 is 1.39 bits per heavy atom. The van der Waals surface area contributed by atoms with Gasteiger partial charge in [0.25, 0.3) is 0 Å². The highest BCUT2D eigenvalue weighted by Crippen LogP contribution is 2.32. The Labute approximate surface area is 363 Å². The van der Waals surface area contributed by atoms with E-state index in [-0.39, 0.29) is 22.3 Å². The smallest absolute Gasteiger partial charge is 0.338 e. The van der Waals surface area contributed by atoms with Crippen LogP contribution in [0.3, 0.4) is 0 Å². The maximum atomic E-state index is 14.1. The molecule has 5 atom stereocenters. The number of carbonyl (C=O) groups is 4. The summed E-state index contributed by atoms with van der Waals surface area (Å²) in [6.45, 7) is -0.481. The largest absolute Gasteiger partial charge is 0.459 e. The van der Waals surface area contributed by atoms with E-state index in [0.29, 0.717) is 15.3 Å². The van der Waals surface area contributed by atoms with E-state index < -0.39 is 61.1 Å². The minimum absolute atomic E-state index is 0.176. The van der Waals surface area contributed by atoms with E-state index in [0.717, 1.165) is 5.69 Å². The fourth-order valence-electron chi connectivity index (χ4n) is 6.55. The van der Waals surface area contributed by atoms with E-state index in [2.05, 4.69) is 0 Å². The molecule has 0 N–H and O–H groups in total. The lowest BCUT2D eigenvalue weighted by Crippen LogP contribution is -2.62. The van der Waals surface area contributed by atoms with Gasteiger partial charge in [-0.3, -0.25) is 4.57 Å². The van der Waals surface area contributed by atoms with Gasteiger partial charge in [-0.1, -0.05) is 109 Å². The zero-order valence-electron chi connectivity index (χ0n) is 32.7. The number of aromatic nitrogens is 1. The van der Waals surface area contributed by atoms with Crippen LogP contribution in [-0.2, 0) is 23.7 Å². The minimum atomic E-state index is -1.56. The standard InChI is InChI=1S/C48H37N3O9S2/c52-43(32-19-7-1-8-20-32)56-31-38-39(58-44(53)33-21-9-2-10-22-33)40(59-45(54)34-23-11-3-12-24-34)41(60-46(55)35-25-13-4-14-26-35)42(57-38)50-48-51(37-29-17-6-18-30-37)47(61-62-48)49-36-27-15-5-16-28-36/h1-30,38-42H,31H2/b49-47?,50-48+/t38-,39-,40+,41-,42-/m1/s1. The Morgan fingerprint density at radius 1 is 0.484 bits per heavy atom. The van der Waals surface area contributed by atoms with Gasteiger partial charge in [0.05, 0.1) is 33.6 Å². The molecule has 0 unspecified atom stereocenters. The third-order valence-corrected chi connectivity index (χ3v) is 11.6. The summed E-state index contributed by atoms with van der Waals surface area (Å²) in [6, 6.07) is 51.9. The van der Waals surface area contributed by atoms with Gasteiger partial charge in [0, 0.05) is 0 Å². The molecule has 310 valence electrons. The monoisotopic (exact) mass is 863 g/mol. The SMILES string of the molecule is O=C(OC[C@H]1O[C@@H](/N=c2/ssc(=Nc3ccccc3)n2-c2ccccc2)[C@H](OC(=O)c2ccccc2)[C@@H](OC(=O)c2ccccc2)[C@@H]1OC(=O)c1ccccc1)c1ccccc1. The number of nitrogens with zero attached hydrogens (tertiary/aromatic N) is 3. The average molecular weight is 864 g/mol. The van der Waals surface area contributed by atoms with E-state index in [9.17, 15) is 19.2 Å². The summed E-state index contributed by atoms with van der Waals surface area (Å²) < 4.78 is 33.0. The molecule has 2 heterocycles. The zero-order valence-corrected chi connectivity index (χ0v) is 34.4. The Bertz CT molecular complexity index is 2750. The summed E-state index contributed by atoms with van der Waals surface area (Å²) in [7, 11) is 2.64. The van der Waals surface area contributed by atoms with Crippen LogP contribution in [0.2, 0.25) is 0 Å². The summed E-state index contributed by atoms with van der Waals surface area (Å²) in [5.74, 6) is -3.07. The molecule has 0 spiro atoms. The van der Waals surface area contributed by atoms with Gasteiger partial charge in [0.1, 0.15) is 12.7 Å². The summed E-state index contributed by atoms with van der Waals surface area (Å²) in [5.41, 5.74) is 2.25. The molecule has 62 heavy (non-hydrogen) atoms. The average Bonchev–Trinajstić information content (AvgIpc) is 3.72. The Balaban J connectivity index is 1.29. The lowest BCUT2D eigenvalue weighted by molar-refractivity contribution is -0.227. The van der Waals surface area contributed by atoms with Crippen molar-refractivity contribution in [2.24, 2.45) is 9.98 Å². The molecular weight excluding hydrogens is 827 g/mol. The molecule has 0 aliphatic carbocycles. The van der Waals surface area contributed by atoms with Crippen LogP contribution >= 0.6 is 20.7 Å². The lowest BCUT2D eigenvalue weighted by Gasteiger charge is -2.43. The first-order chi connectivity index (χ1) is 30.4. The molecule has 6 aromatic carbocycles. The van der Waals surface area contributed by atoms with Crippen molar-refractivity contribution >= 4 is 50.2 Å². The van der Waals surface area contributed by atoms with Gasteiger partial charge in [0.2, 0.25) is 9.60 Å². The molecule has 1 aliphatic heterocycles. The summed E-state index contributed by atoms with van der Waals surface area (Å²) in [5, 5.41) is 0. The quantitative estimate of drug-likeness (QED) is 0.0678. The van der Waals surface area contributed by atoms with Crippen LogP contribution in [0.4, 0.5) is 5.69 Å². The van der Waals surface area contributed by atoms with Crippen molar-refractivity contribution in [1.82, 2.24) is 4.57 Å². The van der Waals surface area contributed by atoms with Crippen molar-refractivity contribution in [3.05, 3.63) is 214 Å². The van der Waals surface area contributed by atoms with Crippen molar-refractivity contribution in [3.63, 3.8) is 0 Å². The molecule has 12 nitrogen and oxygen atoms in total. The molecule has 1 fully saturated rings. The number of carbonyl (C=O) groups excluding carboxylic acids is 4. The third-order valence-electron chi connectivity index (χ3n) is 9.56. The van der Waals surface area contributed by atoms with Crippen molar-refractivity contribution in [1.29, 1.82) is 0 Å². The van der Waals surface area contributed by atoms with Gasteiger partial charge in [0.15, 0.2) is 24.5 Å². The normalized spacial score (nSPS) is 18.9. The number of benzene rings is 6. The van der Waals surface area contributed by atoms with Crippen LogP contribution in [0.1, 0.15) is 41.4 Å². The van der Waals surface area contributed by atoms with E-state index in [1.165, 1.54) is 20.7 Å². The molecule has 0 radical (unpaired) electrons. The number of para-hydroxylation sites is 2. The molecular formula is C48H37N3O9S2. The fraction of sp³-hybridized carbons (Fsp3) is 0.125. The topological polar surface area (TPSA) is 144 Å². The van der Waals surface area contributed by atoms with Gasteiger partial charge in [-0.2, -0.15) is 0 Å². The molecule has 0 saturated carbocycles. The Morgan fingerprint density at radius 2 is 0.887 bits per heavy atom. The summed E-state index contributed by atoms with van der Waals surface area (Å²) in [4.78, 5) is 66.4. The molecule has 8 rings (SSSR count).